The second-order valence-corrected chi connectivity index (χ2v) is 8.93. The van der Waals surface area contributed by atoms with E-state index in [0.29, 0.717) is 25.6 Å². The van der Waals surface area contributed by atoms with Crippen LogP contribution in [-0.4, -0.2) is 43.6 Å². The van der Waals surface area contributed by atoms with Crippen LogP contribution in [0.4, 0.5) is 21.0 Å². The van der Waals surface area contributed by atoms with Gasteiger partial charge < -0.3 is 19.8 Å². The fourth-order valence-electron chi connectivity index (χ4n) is 3.95. The normalized spacial score (nSPS) is 20.1. The van der Waals surface area contributed by atoms with Crippen LogP contribution in [0.1, 0.15) is 17.5 Å². The van der Waals surface area contributed by atoms with E-state index in [1.54, 1.807) is 28.0 Å². The summed E-state index contributed by atoms with van der Waals surface area (Å²) >= 11 is 1.63. The summed E-state index contributed by atoms with van der Waals surface area (Å²) < 4.78 is 20.8. The first-order chi connectivity index (χ1) is 14.3. The molecule has 9 nitrogen and oxygen atoms in total. The quantitative estimate of drug-likeness (QED) is 0.453. The highest BCUT2D eigenvalue weighted by Crippen LogP contribution is 2.37. The number of fused-ring (bicyclic) bond motifs is 2. The third-order valence-corrected chi connectivity index (χ3v) is 6.48. The van der Waals surface area contributed by atoms with Crippen LogP contribution >= 0.6 is 11.3 Å². The maximum Gasteiger partial charge on any atom is 0.415 e. The van der Waals surface area contributed by atoms with E-state index < -0.39 is 10.5 Å². The molecule has 2 aromatic heterocycles. The van der Waals surface area contributed by atoms with E-state index in [1.165, 1.54) is 23.2 Å². The number of benzene rings is 1. The van der Waals surface area contributed by atoms with Crippen molar-refractivity contribution >= 4 is 28.0 Å². The summed E-state index contributed by atoms with van der Waals surface area (Å²) in [4.78, 5) is 24.5. The number of rotatable bonds is 5. The van der Waals surface area contributed by atoms with E-state index in [0.717, 1.165) is 23.1 Å². The number of halogens is 1. The zero-order chi connectivity index (χ0) is 21.0. The van der Waals surface area contributed by atoms with Gasteiger partial charge in [0.05, 0.1) is 12.2 Å². The molecule has 1 aromatic carbocycles. The Kier molecular flexibility index (Phi) is 4.26. The first kappa shape index (κ1) is 18.9. The smallest absolute Gasteiger partial charge is 0.415 e. The molecule has 0 amide bonds. The molecule has 2 aliphatic heterocycles. The molecule has 0 aliphatic carbocycles. The summed E-state index contributed by atoms with van der Waals surface area (Å²) in [6, 6.07) is 6.65. The predicted molar refractivity (Wildman–Crippen MR) is 109 cm³/mol. The van der Waals surface area contributed by atoms with Gasteiger partial charge in [-0.15, -0.1) is 0 Å². The molecule has 1 atom stereocenters. The van der Waals surface area contributed by atoms with Crippen LogP contribution in [0, 0.1) is 15.9 Å². The molecule has 156 valence electrons. The fourth-order valence-corrected chi connectivity index (χ4v) is 5.05. The lowest BCUT2D eigenvalue weighted by Gasteiger charge is -2.27. The molecular formula is C19H19FN6O3S. The highest BCUT2D eigenvalue weighted by Gasteiger charge is 2.42. The van der Waals surface area contributed by atoms with Gasteiger partial charge in [-0.05, 0) is 36.1 Å². The maximum absolute atomic E-state index is 13.2. The molecule has 1 unspecified atom stereocenters. The number of nitro groups is 1. The summed E-state index contributed by atoms with van der Waals surface area (Å²) in [7, 11) is 1.92. The Hall–Kier alpha value is -3.05. The zero-order valence-corrected chi connectivity index (χ0v) is 17.2. The number of ether oxygens (including phenoxy) is 1. The van der Waals surface area contributed by atoms with Gasteiger partial charge in [-0.2, -0.15) is 0 Å². The Bertz CT molecular complexity index is 1080. The summed E-state index contributed by atoms with van der Waals surface area (Å²) in [6.07, 6.45) is 1.42. The molecule has 0 saturated heterocycles. The van der Waals surface area contributed by atoms with E-state index in [1.807, 2.05) is 18.9 Å². The summed E-state index contributed by atoms with van der Waals surface area (Å²) in [5.74, 6) is -0.457. The molecule has 0 spiro atoms. The number of hydrogen-bond donors (Lipinski definition) is 0. The molecule has 0 bridgehead atoms. The Morgan fingerprint density at radius 2 is 2.10 bits per heavy atom. The van der Waals surface area contributed by atoms with E-state index in [4.69, 9.17) is 9.72 Å². The minimum atomic E-state index is -0.517. The summed E-state index contributed by atoms with van der Waals surface area (Å²) in [5, 5.41) is 11.7. The van der Waals surface area contributed by atoms with Crippen molar-refractivity contribution in [2.24, 2.45) is 0 Å². The fraction of sp³-hybridized carbons (Fsp3) is 0.368. The average molecular weight is 430 g/mol. The van der Waals surface area contributed by atoms with Gasteiger partial charge in [0.2, 0.25) is 0 Å². The van der Waals surface area contributed by atoms with Crippen LogP contribution < -0.4 is 9.64 Å². The predicted octanol–water partition coefficient (Wildman–Crippen LogP) is 3.32. The van der Waals surface area contributed by atoms with Gasteiger partial charge in [0.1, 0.15) is 17.6 Å². The molecule has 30 heavy (non-hydrogen) atoms. The standard InChI is InChI=1S/C19H19FN6O3S/c1-19(11-25-9-16(26(27)28)22-17(25)29-19)10-24-7-14-15(8-24)30-18(21-14)23(2)13-5-3-12(20)4-6-13/h3-6,9H,7-8,10-11H2,1-2H3. The maximum atomic E-state index is 13.2. The van der Waals surface area contributed by atoms with Gasteiger partial charge in [-0.25, -0.2) is 9.37 Å². The number of imidazole rings is 1. The lowest BCUT2D eigenvalue weighted by atomic mass is 10.1. The second-order valence-electron chi connectivity index (χ2n) is 7.87. The molecule has 0 radical (unpaired) electrons. The molecule has 0 N–H and O–H groups in total. The van der Waals surface area contributed by atoms with Crippen molar-refractivity contribution in [3.8, 4) is 6.01 Å². The number of anilines is 2. The van der Waals surface area contributed by atoms with Crippen molar-refractivity contribution in [1.82, 2.24) is 19.4 Å². The Balaban J connectivity index is 1.24. The van der Waals surface area contributed by atoms with Crippen molar-refractivity contribution < 1.29 is 14.1 Å². The molecule has 11 heteroatoms. The third-order valence-electron chi connectivity index (χ3n) is 5.32. The summed E-state index contributed by atoms with van der Waals surface area (Å²) in [6.45, 7) is 4.65. The van der Waals surface area contributed by atoms with Crippen LogP contribution in [0.3, 0.4) is 0 Å². The number of thiazole rings is 1. The molecule has 2 aliphatic rings. The van der Waals surface area contributed by atoms with E-state index in [9.17, 15) is 14.5 Å². The van der Waals surface area contributed by atoms with Gasteiger partial charge in [-0.1, -0.05) is 11.3 Å². The van der Waals surface area contributed by atoms with Gasteiger partial charge >= 0.3 is 11.8 Å². The van der Waals surface area contributed by atoms with E-state index >= 15 is 0 Å². The Morgan fingerprint density at radius 3 is 2.77 bits per heavy atom. The van der Waals surface area contributed by atoms with Crippen molar-refractivity contribution in [3.63, 3.8) is 0 Å². The van der Waals surface area contributed by atoms with Gasteiger partial charge in [0.15, 0.2) is 5.13 Å². The first-order valence-corrected chi connectivity index (χ1v) is 10.2. The van der Waals surface area contributed by atoms with Crippen molar-refractivity contribution in [3.05, 3.63) is 57.0 Å². The molecule has 0 saturated carbocycles. The Morgan fingerprint density at radius 1 is 1.33 bits per heavy atom. The highest BCUT2D eigenvalue weighted by atomic mass is 32.1. The Labute approximate surface area is 175 Å². The lowest BCUT2D eigenvalue weighted by molar-refractivity contribution is -0.389. The van der Waals surface area contributed by atoms with Crippen molar-refractivity contribution in [2.45, 2.75) is 32.2 Å². The van der Waals surface area contributed by atoms with Crippen LogP contribution in [0.25, 0.3) is 0 Å². The van der Waals surface area contributed by atoms with Crippen LogP contribution in [-0.2, 0) is 19.6 Å². The van der Waals surface area contributed by atoms with Crippen LogP contribution in [0.2, 0.25) is 0 Å². The van der Waals surface area contributed by atoms with Crippen LogP contribution in [0.15, 0.2) is 30.5 Å². The minimum Gasteiger partial charge on any atom is -0.436 e. The van der Waals surface area contributed by atoms with Crippen LogP contribution in [0.5, 0.6) is 6.01 Å². The van der Waals surface area contributed by atoms with Gasteiger partial charge in [-0.3, -0.25) is 9.47 Å². The molecule has 5 rings (SSSR count). The van der Waals surface area contributed by atoms with Crippen molar-refractivity contribution in [2.75, 3.05) is 18.5 Å². The van der Waals surface area contributed by atoms with Crippen molar-refractivity contribution in [1.29, 1.82) is 0 Å². The lowest BCUT2D eigenvalue weighted by Crippen LogP contribution is -2.43. The minimum absolute atomic E-state index is 0.197. The SMILES string of the molecule is CN(c1ccc(F)cc1)c1nc2c(s1)CN(CC1(C)Cn3cc([N+](=O)[O-])nc3O1)C2. The van der Waals surface area contributed by atoms with Gasteiger partial charge in [0, 0.05) is 42.2 Å². The molecule has 4 heterocycles. The topological polar surface area (TPSA) is 89.6 Å². The second kappa shape index (κ2) is 6.74. The first-order valence-electron chi connectivity index (χ1n) is 9.40. The molecular weight excluding hydrogens is 411 g/mol. The number of aromatic nitrogens is 3. The number of nitrogens with zero attached hydrogens (tertiary/aromatic N) is 6. The molecule has 0 fully saturated rings. The van der Waals surface area contributed by atoms with Gasteiger partial charge in [0.25, 0.3) is 0 Å². The molecule has 3 aromatic rings. The van der Waals surface area contributed by atoms with E-state index in [2.05, 4.69) is 9.88 Å². The summed E-state index contributed by atoms with van der Waals surface area (Å²) in [5.41, 5.74) is 1.43. The van der Waals surface area contributed by atoms with E-state index in [-0.39, 0.29) is 11.6 Å². The average Bonchev–Trinajstić information content (AvgIpc) is 3.40. The third kappa shape index (κ3) is 3.29. The zero-order valence-electron chi connectivity index (χ0n) is 16.4. The monoisotopic (exact) mass is 430 g/mol. The highest BCUT2D eigenvalue weighted by molar-refractivity contribution is 7.15. The largest absolute Gasteiger partial charge is 0.436 e. The number of hydrogen-bond acceptors (Lipinski definition) is 8.